The summed E-state index contributed by atoms with van der Waals surface area (Å²) in [5.41, 5.74) is 0.148. The van der Waals surface area contributed by atoms with Gasteiger partial charge in [0.2, 0.25) is 0 Å². The van der Waals surface area contributed by atoms with Crippen molar-refractivity contribution in [2.75, 3.05) is 7.11 Å². The van der Waals surface area contributed by atoms with E-state index in [1.807, 2.05) is 0 Å². The number of rotatable bonds is 1. The van der Waals surface area contributed by atoms with E-state index in [1.165, 1.54) is 63.8 Å². The zero-order chi connectivity index (χ0) is 17.5. The Balaban J connectivity index is -0.0000000384. The summed E-state index contributed by atoms with van der Waals surface area (Å²) in [5, 5.41) is 8.92. The monoisotopic (exact) mass is 1100 g/mol. The minimum absolute atomic E-state index is 0. The molecule has 0 heterocycles. The predicted octanol–water partition coefficient (Wildman–Crippen LogP) is 7.66. The van der Waals surface area contributed by atoms with Gasteiger partial charge in [0.05, 0.1) is 14.0 Å². The molecule has 167 valence electrons. The van der Waals surface area contributed by atoms with E-state index >= 15 is 0 Å². The van der Waals surface area contributed by atoms with Crippen molar-refractivity contribution >= 4 is 69.9 Å². The average Bonchev–Trinajstić information content (AvgIpc) is 2.35. The summed E-state index contributed by atoms with van der Waals surface area (Å²) in [5.74, 6) is -0.604. The average molecular weight is 1100 g/mol. The number of phenolic OH excluding ortho intramolecular Hbond substituents is 1. The number of ether oxygens (including phenoxy) is 1. The van der Waals surface area contributed by atoms with Gasteiger partial charge in [0.15, 0.2) is 0 Å². The van der Waals surface area contributed by atoms with Crippen LogP contribution in [0.1, 0.15) is 50.3 Å². The summed E-state index contributed by atoms with van der Waals surface area (Å²) < 4.78 is 11.7. The molecule has 2 radical (unpaired) electrons. The Morgan fingerprint density at radius 3 is 1.59 bits per heavy atom. The second-order valence-electron chi connectivity index (χ2n) is 4.46. The van der Waals surface area contributed by atoms with Crippen LogP contribution in [0.4, 0.5) is 0 Å². The van der Waals surface area contributed by atoms with Gasteiger partial charge in [-0.2, -0.15) is 25.7 Å². The first-order chi connectivity index (χ1) is 11.1. The third-order valence-electron chi connectivity index (χ3n) is 2.83. The van der Waals surface area contributed by atoms with E-state index < -0.39 is 5.97 Å². The molecule has 29 heavy (non-hydrogen) atoms. The smallest absolute Gasteiger partial charge is 0 e. The van der Waals surface area contributed by atoms with Crippen LogP contribution in [-0.2, 0) is 101 Å². The quantitative estimate of drug-likeness (QED) is 0.179. The van der Waals surface area contributed by atoms with Crippen molar-refractivity contribution in [3.8, 4) is 5.75 Å². The molecule has 2 saturated carbocycles. The molecule has 0 atom stereocenters. The van der Waals surface area contributed by atoms with Crippen LogP contribution in [0.2, 0.25) is 0 Å². The Morgan fingerprint density at radius 1 is 1.07 bits per heavy atom. The fourth-order valence-electron chi connectivity index (χ4n) is 1.06. The molecule has 1 aromatic carbocycles. The van der Waals surface area contributed by atoms with Crippen LogP contribution in [0.3, 0.4) is 0 Å². The second kappa shape index (κ2) is 42.3. The Bertz CT molecular complexity index is 445. The molecular formula is C19H32I3O3VWY2-3. The summed E-state index contributed by atoms with van der Waals surface area (Å²) in [7, 11) is 1.87. The molecule has 0 aliphatic heterocycles. The van der Waals surface area contributed by atoms with Crippen molar-refractivity contribution in [1.82, 2.24) is 0 Å². The fourth-order valence-corrected chi connectivity index (χ4v) is 1.06. The molecule has 2 aliphatic rings. The van der Waals surface area contributed by atoms with Crippen LogP contribution >= 0.6 is 63.9 Å². The zero-order valence-corrected chi connectivity index (χ0v) is 34.2. The largest absolute Gasteiger partial charge is 2.00 e. The maximum atomic E-state index is 10.9. The Labute approximate surface area is 292 Å². The van der Waals surface area contributed by atoms with Gasteiger partial charge in [0.25, 0.3) is 0 Å². The van der Waals surface area contributed by atoms with Gasteiger partial charge in [-0.05, 0) is 24.2 Å². The van der Waals surface area contributed by atoms with Gasteiger partial charge in [-0.15, -0.1) is 36.8 Å². The third-order valence-corrected chi connectivity index (χ3v) is 2.83. The van der Waals surface area contributed by atoms with E-state index in [1.54, 1.807) is 0 Å². The molecule has 3 nitrogen and oxygen atoms in total. The van der Waals surface area contributed by atoms with Crippen LogP contribution < -0.4 is 0 Å². The SMILES string of the molecule is I.[3H]c1cc(O)ccc1C(=O)OC.[CH-]1CCC1.[CH-]1CCC1.[CH3-].[CH3-].[CH3-].[I][V][I].[W+2].[Y].[Y]. The summed E-state index contributed by atoms with van der Waals surface area (Å²) in [6.07, 6.45) is 13.0. The van der Waals surface area contributed by atoms with Crippen molar-refractivity contribution in [2.45, 2.75) is 38.5 Å². The summed E-state index contributed by atoms with van der Waals surface area (Å²) in [4.78, 5) is 10.9. The molecule has 3 rings (SSSR count). The Hall–Kier alpha value is 4.16. The first-order valence-corrected chi connectivity index (χ1v) is 16.0. The van der Waals surface area contributed by atoms with Crippen molar-refractivity contribution in [2.24, 2.45) is 0 Å². The van der Waals surface area contributed by atoms with Crippen LogP contribution in [0.15, 0.2) is 24.2 Å². The van der Waals surface area contributed by atoms with Gasteiger partial charge in [0.1, 0.15) is 5.75 Å². The maximum absolute atomic E-state index is 10.9. The standard InChI is InChI=1S/C8H8O3.2C4H7.3CH3.3HI.V.W.2Y/c1-11-8(10)6-2-4-7(9)5-3-6;2*1-2-4-3-1;;;;;;;;;;/h2-5,9H,1H3;2*1H,2-4H2;3*1H3;3*1H;;;;/q;5*-1;;;;2*+2;;/p-2/i2T;;;;;;;;;;;;. The number of phenols is 1. The third kappa shape index (κ3) is 36.9. The van der Waals surface area contributed by atoms with Crippen molar-refractivity contribution in [3.05, 3.63) is 64.9 Å². The summed E-state index contributed by atoms with van der Waals surface area (Å²) in [6.45, 7) is 0. The Kier molecular flexibility index (Phi) is 73.2. The molecule has 0 unspecified atom stereocenters. The van der Waals surface area contributed by atoms with Gasteiger partial charge >= 0.3 is 76.5 Å². The number of benzene rings is 1. The molecule has 0 amide bonds. The van der Waals surface area contributed by atoms with E-state index in [0.29, 0.717) is 9.47 Å². The molecule has 10 heteroatoms. The van der Waals surface area contributed by atoms with E-state index in [-0.39, 0.29) is 150 Å². The second-order valence-corrected chi connectivity index (χ2v) is 16.2. The number of hydrogen-bond acceptors (Lipinski definition) is 3. The van der Waals surface area contributed by atoms with Gasteiger partial charge in [0, 0.05) is 65.4 Å². The first kappa shape index (κ1) is 50.1. The predicted molar refractivity (Wildman–Crippen MR) is 138 cm³/mol. The van der Waals surface area contributed by atoms with Crippen LogP contribution in [-0.4, -0.2) is 18.2 Å². The molecule has 0 bridgehead atoms. The van der Waals surface area contributed by atoms with Gasteiger partial charge in [-0.25, -0.2) is 4.79 Å². The van der Waals surface area contributed by atoms with Crippen LogP contribution in [0.25, 0.3) is 0 Å². The fraction of sp³-hybridized carbons (Fsp3) is 0.368. The minimum atomic E-state index is -0.569. The number of halogens is 3. The molecule has 0 spiro atoms. The zero-order valence-electron chi connectivity index (χ0n) is 18.6. The number of aromatic hydroxyl groups is 1. The number of esters is 1. The van der Waals surface area contributed by atoms with Gasteiger partial charge in [-0.1, -0.05) is 0 Å². The summed E-state index contributed by atoms with van der Waals surface area (Å²) in [6, 6.07) is 3.84. The maximum Gasteiger partial charge on any atom is 2.00 e. The molecule has 0 aromatic heterocycles. The number of carbonyl (C=O) groups excluding carboxylic acids is 1. The summed E-state index contributed by atoms with van der Waals surface area (Å²) >= 11 is 4.74. The van der Waals surface area contributed by atoms with Gasteiger partial charge < -0.3 is 45.0 Å². The molecule has 1 N–H and O–H groups in total. The molecule has 2 fully saturated rings. The van der Waals surface area contributed by atoms with Crippen molar-refractivity contribution in [3.63, 3.8) is 0 Å². The van der Waals surface area contributed by atoms with Crippen LogP contribution in [0.5, 0.6) is 5.75 Å². The van der Waals surface area contributed by atoms with E-state index in [9.17, 15) is 4.79 Å². The normalized spacial score (nSPS) is 11.1. The molecule has 1 aromatic rings. The molecular weight excluding hydrogens is 1070 g/mol. The van der Waals surface area contributed by atoms with E-state index in [4.69, 9.17) is 6.48 Å². The Morgan fingerprint density at radius 2 is 1.38 bits per heavy atom. The minimum Gasteiger partial charge on any atom is 0 e. The van der Waals surface area contributed by atoms with Crippen molar-refractivity contribution < 1.29 is 112 Å². The van der Waals surface area contributed by atoms with E-state index in [2.05, 4.69) is 57.5 Å². The molecule has 2 aliphatic carbocycles. The van der Waals surface area contributed by atoms with Gasteiger partial charge in [-0.3, -0.25) is 0 Å². The van der Waals surface area contributed by atoms with Crippen LogP contribution in [0, 0.1) is 35.1 Å². The topological polar surface area (TPSA) is 46.5 Å². The molecule has 0 saturated heterocycles. The number of carbonyl (C=O) groups is 1. The first-order valence-electron chi connectivity index (χ1n) is 7.50. The number of methoxy groups -OCH3 is 1. The van der Waals surface area contributed by atoms with E-state index in [0.717, 1.165) is 0 Å². The van der Waals surface area contributed by atoms with Crippen molar-refractivity contribution in [1.29, 1.82) is 0 Å². The number of hydrogen-bond donors (Lipinski definition) is 1.